The van der Waals surface area contributed by atoms with Crippen LogP contribution in [-0.4, -0.2) is 28.3 Å². The molecule has 0 spiro atoms. The van der Waals surface area contributed by atoms with Crippen LogP contribution in [0.1, 0.15) is 21.5 Å². The van der Waals surface area contributed by atoms with Gasteiger partial charge in [0.1, 0.15) is 0 Å². The average molecular weight is 431 g/mol. The van der Waals surface area contributed by atoms with Gasteiger partial charge in [-0.3, -0.25) is 9.59 Å². The molecule has 7 heteroatoms. The summed E-state index contributed by atoms with van der Waals surface area (Å²) >= 11 is 1.54. The third-order valence-corrected chi connectivity index (χ3v) is 5.66. The number of nitrogens with one attached hydrogen (secondary N) is 3. The Balaban J connectivity index is 1.32. The maximum absolute atomic E-state index is 12.7. The quantitative estimate of drug-likeness (QED) is 0.370. The number of aromatic nitrogens is 2. The number of nitrogens with zero attached hydrogens (tertiary/aromatic N) is 1. The minimum atomic E-state index is -0.268. The molecule has 1 aromatic heterocycles. The Bertz CT molecular complexity index is 1160. The van der Waals surface area contributed by atoms with Crippen molar-refractivity contribution in [2.45, 2.75) is 17.5 Å². The van der Waals surface area contributed by atoms with Crippen LogP contribution in [-0.2, 0) is 17.1 Å². The highest BCUT2D eigenvalue weighted by molar-refractivity contribution is 7.98. The van der Waals surface area contributed by atoms with Gasteiger partial charge in [-0.2, -0.15) is 0 Å². The molecule has 4 rings (SSSR count). The fourth-order valence-corrected chi connectivity index (χ4v) is 4.02. The normalized spacial score (nSPS) is 10.7. The van der Waals surface area contributed by atoms with Gasteiger partial charge in [0.25, 0.3) is 5.91 Å². The van der Waals surface area contributed by atoms with Crippen molar-refractivity contribution in [3.05, 3.63) is 95.6 Å². The van der Waals surface area contributed by atoms with Crippen molar-refractivity contribution in [2.24, 2.45) is 0 Å². The molecule has 0 unspecified atom stereocenters. The van der Waals surface area contributed by atoms with Crippen molar-refractivity contribution in [2.75, 3.05) is 6.54 Å². The summed E-state index contributed by atoms with van der Waals surface area (Å²) in [7, 11) is 0. The lowest BCUT2D eigenvalue weighted by Gasteiger charge is -2.10. The topological polar surface area (TPSA) is 86.9 Å². The molecule has 0 aliphatic heterocycles. The maximum atomic E-state index is 12.7. The van der Waals surface area contributed by atoms with Gasteiger partial charge in [0, 0.05) is 17.9 Å². The first-order valence-electron chi connectivity index (χ1n) is 9.93. The number of benzene rings is 3. The third-order valence-electron chi connectivity index (χ3n) is 4.74. The lowest BCUT2D eigenvalue weighted by atomic mass is 10.1. The first-order chi connectivity index (χ1) is 15.2. The number of para-hydroxylation sites is 2. The van der Waals surface area contributed by atoms with Gasteiger partial charge in [0.15, 0.2) is 5.16 Å². The number of carbonyl (C=O) groups excluding carboxylic acids is 2. The van der Waals surface area contributed by atoms with E-state index in [-0.39, 0.29) is 18.4 Å². The number of amides is 2. The number of fused-ring (bicyclic) bond motifs is 1. The predicted octanol–water partition coefficient (Wildman–Crippen LogP) is 3.90. The molecule has 3 N–H and O–H groups in total. The molecule has 6 nitrogen and oxygen atoms in total. The van der Waals surface area contributed by atoms with E-state index in [2.05, 4.69) is 20.6 Å². The lowest BCUT2D eigenvalue weighted by Crippen LogP contribution is -2.36. The van der Waals surface area contributed by atoms with Crippen LogP contribution in [0.5, 0.6) is 0 Å². The highest BCUT2D eigenvalue weighted by Gasteiger charge is 2.13. The minimum absolute atomic E-state index is 0.0727. The monoisotopic (exact) mass is 430 g/mol. The van der Waals surface area contributed by atoms with Gasteiger partial charge in [0.05, 0.1) is 17.6 Å². The largest absolute Gasteiger partial charge is 0.350 e. The second kappa shape index (κ2) is 9.95. The second-order valence-corrected chi connectivity index (χ2v) is 7.91. The van der Waals surface area contributed by atoms with Crippen LogP contribution in [0.3, 0.4) is 0 Å². The number of aromatic amines is 1. The summed E-state index contributed by atoms with van der Waals surface area (Å²) in [5.74, 6) is 0.0888. The fourth-order valence-electron chi connectivity index (χ4n) is 3.13. The van der Waals surface area contributed by atoms with Crippen LogP contribution in [0.15, 0.2) is 84.0 Å². The van der Waals surface area contributed by atoms with Crippen molar-refractivity contribution in [3.63, 3.8) is 0 Å². The zero-order valence-electron chi connectivity index (χ0n) is 16.8. The van der Waals surface area contributed by atoms with Crippen LogP contribution >= 0.6 is 11.8 Å². The molecule has 3 aromatic carbocycles. The molecule has 156 valence electrons. The fraction of sp³-hybridized carbons (Fsp3) is 0.125. The van der Waals surface area contributed by atoms with E-state index in [1.165, 1.54) is 11.8 Å². The number of hydrogen-bond acceptors (Lipinski definition) is 4. The van der Waals surface area contributed by atoms with Gasteiger partial charge in [0.2, 0.25) is 5.91 Å². The summed E-state index contributed by atoms with van der Waals surface area (Å²) in [6.07, 6.45) is 0. The van der Waals surface area contributed by atoms with E-state index >= 15 is 0 Å². The molecule has 1 heterocycles. The van der Waals surface area contributed by atoms with Gasteiger partial charge in [-0.1, -0.05) is 72.4 Å². The highest BCUT2D eigenvalue weighted by atomic mass is 32.2. The minimum Gasteiger partial charge on any atom is -0.350 e. The van der Waals surface area contributed by atoms with Crippen LogP contribution < -0.4 is 10.6 Å². The maximum Gasteiger partial charge on any atom is 0.252 e. The van der Waals surface area contributed by atoms with Gasteiger partial charge in [-0.05, 0) is 29.3 Å². The Labute approximate surface area is 184 Å². The first kappa shape index (κ1) is 20.7. The summed E-state index contributed by atoms with van der Waals surface area (Å²) in [6.45, 7) is 0.358. The molecule has 0 saturated carbocycles. The van der Waals surface area contributed by atoms with Gasteiger partial charge in [-0.25, -0.2) is 4.98 Å². The Kier molecular flexibility index (Phi) is 6.64. The van der Waals surface area contributed by atoms with Gasteiger partial charge >= 0.3 is 0 Å². The Morgan fingerprint density at radius 3 is 2.45 bits per heavy atom. The second-order valence-electron chi connectivity index (χ2n) is 6.95. The summed E-state index contributed by atoms with van der Waals surface area (Å²) in [4.78, 5) is 32.6. The van der Waals surface area contributed by atoms with Crippen molar-refractivity contribution in [1.82, 2.24) is 20.6 Å². The predicted molar refractivity (Wildman–Crippen MR) is 123 cm³/mol. The van der Waals surface area contributed by atoms with Crippen molar-refractivity contribution in [3.8, 4) is 0 Å². The molecule has 31 heavy (non-hydrogen) atoms. The standard InChI is InChI=1S/C24H22N4O2S/c29-22(25-14-17-8-2-1-3-9-17)15-26-23(30)19-11-5-4-10-18(19)16-31-24-27-20-12-6-7-13-21(20)28-24/h1-13H,14-16H2,(H,25,29)(H,26,30)(H,27,28). The van der Waals surface area contributed by atoms with Crippen molar-refractivity contribution >= 4 is 34.6 Å². The zero-order chi connectivity index (χ0) is 21.5. The zero-order valence-corrected chi connectivity index (χ0v) is 17.6. The van der Waals surface area contributed by atoms with Crippen LogP contribution in [0.4, 0.5) is 0 Å². The van der Waals surface area contributed by atoms with E-state index in [1.54, 1.807) is 6.07 Å². The number of rotatable bonds is 8. The molecule has 0 fully saturated rings. The van der Waals surface area contributed by atoms with Crippen molar-refractivity contribution < 1.29 is 9.59 Å². The van der Waals surface area contributed by atoms with Gasteiger partial charge < -0.3 is 15.6 Å². The third kappa shape index (κ3) is 5.52. The molecule has 0 aliphatic carbocycles. The molecule has 4 aromatic rings. The molecular weight excluding hydrogens is 408 g/mol. The molecule has 2 amide bonds. The van der Waals surface area contributed by atoms with E-state index in [0.717, 1.165) is 27.3 Å². The number of imidazole rings is 1. The number of hydrogen-bond donors (Lipinski definition) is 3. The van der Waals surface area contributed by atoms with E-state index in [1.807, 2.05) is 72.8 Å². The Morgan fingerprint density at radius 1 is 0.871 bits per heavy atom. The Morgan fingerprint density at radius 2 is 1.61 bits per heavy atom. The highest BCUT2D eigenvalue weighted by Crippen LogP contribution is 2.24. The van der Waals surface area contributed by atoms with Crippen LogP contribution in [0, 0.1) is 0 Å². The van der Waals surface area contributed by atoms with E-state index in [9.17, 15) is 9.59 Å². The number of H-pyrrole nitrogens is 1. The van der Waals surface area contributed by atoms with Crippen LogP contribution in [0.2, 0.25) is 0 Å². The summed E-state index contributed by atoms with van der Waals surface area (Å²) < 4.78 is 0. The molecule has 0 bridgehead atoms. The molecule has 0 aliphatic rings. The number of carbonyl (C=O) groups is 2. The molecule has 0 atom stereocenters. The molecule has 0 saturated heterocycles. The SMILES string of the molecule is O=C(CNC(=O)c1ccccc1CSc1nc2ccccc2[nH]1)NCc1ccccc1. The van der Waals surface area contributed by atoms with Crippen LogP contribution in [0.25, 0.3) is 11.0 Å². The summed E-state index contributed by atoms with van der Waals surface area (Å²) in [5, 5.41) is 6.32. The lowest BCUT2D eigenvalue weighted by molar-refractivity contribution is -0.120. The van der Waals surface area contributed by atoms with E-state index in [4.69, 9.17) is 0 Å². The van der Waals surface area contributed by atoms with E-state index < -0.39 is 0 Å². The molecule has 0 radical (unpaired) electrons. The van der Waals surface area contributed by atoms with E-state index in [0.29, 0.717) is 17.9 Å². The summed E-state index contributed by atoms with van der Waals surface area (Å²) in [5.41, 5.74) is 4.35. The van der Waals surface area contributed by atoms with Gasteiger partial charge in [-0.15, -0.1) is 0 Å². The first-order valence-corrected chi connectivity index (χ1v) is 10.9. The Hall–Kier alpha value is -3.58. The summed E-state index contributed by atoms with van der Waals surface area (Å²) in [6, 6.07) is 24.9. The van der Waals surface area contributed by atoms with Crippen molar-refractivity contribution in [1.29, 1.82) is 0 Å². The average Bonchev–Trinajstić information content (AvgIpc) is 3.24. The smallest absolute Gasteiger partial charge is 0.252 e. The molecular formula is C24H22N4O2S. The number of thioether (sulfide) groups is 1.